The average Bonchev–Trinajstić information content (AvgIpc) is 3.28. The number of carbonyl (C=O) groups is 2. The van der Waals surface area contributed by atoms with Crippen LogP contribution in [0, 0.1) is 5.82 Å². The number of alkyl halides is 6. The van der Waals surface area contributed by atoms with Gasteiger partial charge in [-0.3, -0.25) is 9.59 Å². The molecule has 0 saturated carbocycles. The minimum Gasteiger partial charge on any atom is -0.383 e. The van der Waals surface area contributed by atoms with Gasteiger partial charge in [-0.15, -0.1) is 0 Å². The van der Waals surface area contributed by atoms with Gasteiger partial charge in [-0.2, -0.15) is 26.3 Å². The van der Waals surface area contributed by atoms with Gasteiger partial charge >= 0.3 is 18.3 Å². The lowest BCUT2D eigenvalue weighted by Gasteiger charge is -2.32. The van der Waals surface area contributed by atoms with E-state index in [0.717, 1.165) is 12.1 Å². The number of ether oxygens (including phenoxy) is 1. The third-order valence-electron chi connectivity index (χ3n) is 6.96. The monoisotopic (exact) mass is 573 g/mol. The molecule has 1 aliphatic rings. The maximum atomic E-state index is 14.6. The summed E-state index contributed by atoms with van der Waals surface area (Å²) in [6, 6.07) is 7.48. The lowest BCUT2D eigenvalue weighted by Crippen LogP contribution is -2.38. The van der Waals surface area contributed by atoms with Gasteiger partial charge in [-0.1, -0.05) is 24.3 Å². The second-order valence-corrected chi connectivity index (χ2v) is 9.53. The first kappa shape index (κ1) is 29.4. The van der Waals surface area contributed by atoms with Crippen LogP contribution in [-0.2, 0) is 28.8 Å². The summed E-state index contributed by atoms with van der Waals surface area (Å²) >= 11 is 0. The number of nitrogens with one attached hydrogen (secondary N) is 1. The van der Waals surface area contributed by atoms with Crippen molar-refractivity contribution in [3.63, 3.8) is 0 Å². The highest BCUT2D eigenvalue weighted by Crippen LogP contribution is 2.38. The van der Waals surface area contributed by atoms with E-state index in [0.29, 0.717) is 12.8 Å². The minimum absolute atomic E-state index is 0.106. The Labute approximate surface area is 224 Å². The Balaban J connectivity index is 1.51. The number of carbonyl (C=O) groups excluding carboxylic acids is 2. The number of fused-ring (bicyclic) bond motifs is 1. The fourth-order valence-electron chi connectivity index (χ4n) is 4.99. The van der Waals surface area contributed by atoms with Gasteiger partial charge in [0.05, 0.1) is 23.3 Å². The molecule has 2 aromatic carbocycles. The maximum Gasteiger partial charge on any atom is 0.471 e. The summed E-state index contributed by atoms with van der Waals surface area (Å²) in [6.45, 7) is 0.202. The predicted octanol–water partition coefficient (Wildman–Crippen LogP) is 5.64. The van der Waals surface area contributed by atoms with Crippen LogP contribution in [-0.4, -0.2) is 54.3 Å². The highest BCUT2D eigenvalue weighted by molar-refractivity contribution is 6.07. The number of likely N-dealkylation sites (tertiary alicyclic amines) is 1. The fraction of sp³-hybridized carbons (Fsp3) is 0.407. The quantitative estimate of drug-likeness (QED) is 0.372. The van der Waals surface area contributed by atoms with Crippen molar-refractivity contribution < 1.29 is 45.1 Å². The molecule has 0 aliphatic carbocycles. The first-order chi connectivity index (χ1) is 18.8. The summed E-state index contributed by atoms with van der Waals surface area (Å²) < 4.78 is 99.6. The number of nitrogens with zero attached hydrogens (tertiary/aromatic N) is 2. The van der Waals surface area contributed by atoms with Crippen molar-refractivity contribution in [2.45, 2.75) is 44.2 Å². The van der Waals surface area contributed by atoms with E-state index in [1.807, 2.05) is 0 Å². The summed E-state index contributed by atoms with van der Waals surface area (Å²) in [7, 11) is 1.42. The number of halogens is 7. The van der Waals surface area contributed by atoms with Crippen LogP contribution in [0.2, 0.25) is 0 Å². The molecule has 1 N–H and O–H groups in total. The van der Waals surface area contributed by atoms with E-state index in [4.69, 9.17) is 4.74 Å². The first-order valence-corrected chi connectivity index (χ1v) is 12.4. The van der Waals surface area contributed by atoms with E-state index in [-0.39, 0.29) is 59.8 Å². The molecule has 216 valence electrons. The molecule has 13 heteroatoms. The number of hydrogen-bond acceptors (Lipinski definition) is 3. The molecule has 6 nitrogen and oxygen atoms in total. The number of para-hydroxylation sites is 1. The molecule has 1 aliphatic heterocycles. The molecule has 2 heterocycles. The molecule has 0 radical (unpaired) electrons. The van der Waals surface area contributed by atoms with E-state index in [9.17, 15) is 40.3 Å². The number of piperidine rings is 1. The Kier molecular flexibility index (Phi) is 8.43. The molecule has 1 saturated heterocycles. The molecular formula is C27H26F7N3O3. The van der Waals surface area contributed by atoms with Crippen molar-refractivity contribution in [1.82, 2.24) is 14.8 Å². The number of methoxy groups -OCH3 is 1. The van der Waals surface area contributed by atoms with Gasteiger partial charge in [-0.05, 0) is 42.0 Å². The van der Waals surface area contributed by atoms with Crippen LogP contribution in [0.3, 0.4) is 0 Å². The van der Waals surface area contributed by atoms with E-state index in [1.54, 1.807) is 5.32 Å². The van der Waals surface area contributed by atoms with Crippen LogP contribution in [0.1, 0.15) is 45.8 Å². The van der Waals surface area contributed by atoms with Gasteiger partial charge in [0.1, 0.15) is 5.82 Å². The van der Waals surface area contributed by atoms with Crippen molar-refractivity contribution in [3.8, 4) is 0 Å². The standard InChI is InChI=1S/C27H26F7N3O3/c1-40-12-11-37-15-20(18-3-2-4-21(23(18)37)26(29,30)31)24(38)36-9-7-17(8-10-36)19-13-16(5-6-22(19)28)14-35-25(39)27(32,33)34/h2-6,13,15,17H,7-12,14H2,1H3,(H,35,39). The molecular weight excluding hydrogens is 547 g/mol. The van der Waals surface area contributed by atoms with Gasteiger partial charge in [-0.25, -0.2) is 4.39 Å². The molecule has 0 bridgehead atoms. The lowest BCUT2D eigenvalue weighted by atomic mass is 9.88. The van der Waals surface area contributed by atoms with Gasteiger partial charge in [0.25, 0.3) is 5.91 Å². The summed E-state index contributed by atoms with van der Waals surface area (Å²) in [5, 5.41) is 1.92. The zero-order valence-corrected chi connectivity index (χ0v) is 21.3. The fourth-order valence-corrected chi connectivity index (χ4v) is 4.99. The van der Waals surface area contributed by atoms with Gasteiger partial charge in [0, 0.05) is 44.9 Å². The Morgan fingerprint density at radius 3 is 2.38 bits per heavy atom. The molecule has 3 aromatic rings. The van der Waals surface area contributed by atoms with Crippen LogP contribution in [0.25, 0.3) is 10.9 Å². The summed E-state index contributed by atoms with van der Waals surface area (Å²) in [5.41, 5.74) is -0.305. The van der Waals surface area contributed by atoms with Crippen LogP contribution in [0.4, 0.5) is 30.7 Å². The number of amides is 2. The molecule has 40 heavy (non-hydrogen) atoms. The van der Waals surface area contributed by atoms with Crippen LogP contribution in [0.5, 0.6) is 0 Å². The maximum absolute atomic E-state index is 14.6. The highest BCUT2D eigenvalue weighted by Gasteiger charge is 2.38. The van der Waals surface area contributed by atoms with E-state index in [2.05, 4.69) is 0 Å². The van der Waals surface area contributed by atoms with Crippen molar-refractivity contribution in [1.29, 1.82) is 0 Å². The van der Waals surface area contributed by atoms with Crippen molar-refractivity contribution in [2.24, 2.45) is 0 Å². The minimum atomic E-state index is -5.04. The Hall–Kier alpha value is -3.61. The molecule has 0 spiro atoms. The SMILES string of the molecule is COCCn1cc(C(=O)N2CCC(c3cc(CNC(=O)C(F)(F)F)ccc3F)CC2)c2cccc(C(F)(F)F)c21. The summed E-state index contributed by atoms with van der Waals surface area (Å²) in [4.78, 5) is 26.0. The number of hydrogen-bond donors (Lipinski definition) is 1. The van der Waals surface area contributed by atoms with Crippen molar-refractivity contribution >= 4 is 22.7 Å². The molecule has 4 rings (SSSR count). The van der Waals surface area contributed by atoms with Crippen LogP contribution in [0.15, 0.2) is 42.6 Å². The second-order valence-electron chi connectivity index (χ2n) is 9.53. The molecule has 0 atom stereocenters. The first-order valence-electron chi connectivity index (χ1n) is 12.4. The van der Waals surface area contributed by atoms with Crippen LogP contribution >= 0.6 is 0 Å². The van der Waals surface area contributed by atoms with Crippen molar-refractivity contribution in [2.75, 3.05) is 26.8 Å². The third kappa shape index (κ3) is 6.24. The zero-order chi connectivity index (χ0) is 29.2. The molecule has 1 aromatic heterocycles. The van der Waals surface area contributed by atoms with E-state index >= 15 is 0 Å². The number of benzene rings is 2. The lowest BCUT2D eigenvalue weighted by molar-refractivity contribution is -0.173. The average molecular weight is 574 g/mol. The van der Waals surface area contributed by atoms with Gasteiger partial charge in [0.2, 0.25) is 0 Å². The smallest absolute Gasteiger partial charge is 0.383 e. The summed E-state index contributed by atoms with van der Waals surface area (Å²) in [6.07, 6.45) is -7.61. The van der Waals surface area contributed by atoms with Gasteiger partial charge < -0.3 is 19.5 Å². The molecule has 0 unspecified atom stereocenters. The highest BCUT2D eigenvalue weighted by atomic mass is 19.4. The Morgan fingerprint density at radius 1 is 1.05 bits per heavy atom. The van der Waals surface area contributed by atoms with Gasteiger partial charge in [0.15, 0.2) is 0 Å². The summed E-state index contributed by atoms with van der Waals surface area (Å²) in [5.74, 6) is -3.46. The predicted molar refractivity (Wildman–Crippen MR) is 131 cm³/mol. The second kappa shape index (κ2) is 11.5. The number of aromatic nitrogens is 1. The van der Waals surface area contributed by atoms with Crippen LogP contribution < -0.4 is 5.32 Å². The Bertz CT molecular complexity index is 1390. The topological polar surface area (TPSA) is 63.6 Å². The largest absolute Gasteiger partial charge is 0.471 e. The third-order valence-corrected chi connectivity index (χ3v) is 6.96. The Morgan fingerprint density at radius 2 is 1.75 bits per heavy atom. The van der Waals surface area contributed by atoms with Crippen molar-refractivity contribution in [3.05, 3.63) is 70.7 Å². The normalized spacial score (nSPS) is 15.1. The molecule has 1 fully saturated rings. The van der Waals surface area contributed by atoms with E-state index in [1.165, 1.54) is 47.0 Å². The number of rotatable bonds is 7. The van der Waals surface area contributed by atoms with E-state index < -0.39 is 42.1 Å². The zero-order valence-electron chi connectivity index (χ0n) is 21.3. The molecule has 2 amide bonds.